The van der Waals surface area contributed by atoms with Gasteiger partial charge in [0.25, 0.3) is 0 Å². The minimum Gasteiger partial charge on any atom is -0.384 e. The molecule has 5 N–H and O–H groups in total. The van der Waals surface area contributed by atoms with Crippen LogP contribution in [0.2, 0.25) is 0 Å². The molecular weight excluding hydrogens is 358 g/mol. The molecule has 0 saturated carbocycles. The molecule has 2 aromatic rings. The fourth-order valence-electron chi connectivity index (χ4n) is 1.70. The standard InChI is InChI=1S/C14H11BrF2N4O/c15-10-5-8(16)6-11(17)12(10)21-14(22)20-9-3-1-2-7(4-9)13(18)19/h1-6H,(H3,18,19)(H2,20,21,22). The van der Waals surface area contributed by atoms with Crippen molar-refractivity contribution in [3.8, 4) is 0 Å². The molecule has 0 unspecified atom stereocenters. The number of hydrogen-bond donors (Lipinski definition) is 4. The highest BCUT2D eigenvalue weighted by molar-refractivity contribution is 9.10. The van der Waals surface area contributed by atoms with E-state index in [1.165, 1.54) is 6.07 Å². The Hall–Kier alpha value is -2.48. The van der Waals surface area contributed by atoms with E-state index in [1.807, 2.05) is 0 Å². The van der Waals surface area contributed by atoms with Gasteiger partial charge in [-0.3, -0.25) is 5.41 Å². The van der Waals surface area contributed by atoms with Crippen molar-refractivity contribution < 1.29 is 13.6 Å². The summed E-state index contributed by atoms with van der Waals surface area (Å²) in [4.78, 5) is 11.9. The first-order valence-electron chi connectivity index (χ1n) is 6.04. The summed E-state index contributed by atoms with van der Waals surface area (Å²) in [5, 5.41) is 12.1. The SMILES string of the molecule is N=C(N)c1cccc(NC(=O)Nc2c(F)cc(F)cc2Br)c1. The van der Waals surface area contributed by atoms with E-state index in [1.54, 1.807) is 18.2 Å². The number of amides is 2. The molecule has 5 nitrogen and oxygen atoms in total. The van der Waals surface area contributed by atoms with Crippen LogP contribution in [0.3, 0.4) is 0 Å². The Morgan fingerprint density at radius 1 is 1.18 bits per heavy atom. The number of hydrogen-bond acceptors (Lipinski definition) is 2. The number of rotatable bonds is 3. The van der Waals surface area contributed by atoms with Crippen molar-refractivity contribution in [1.82, 2.24) is 0 Å². The molecule has 0 fully saturated rings. The van der Waals surface area contributed by atoms with Crippen LogP contribution < -0.4 is 16.4 Å². The van der Waals surface area contributed by atoms with E-state index in [0.717, 1.165) is 6.07 Å². The van der Waals surface area contributed by atoms with Crippen LogP contribution in [0.4, 0.5) is 25.0 Å². The molecule has 0 aliphatic carbocycles. The maximum absolute atomic E-state index is 13.6. The second-order valence-corrected chi connectivity index (χ2v) is 5.17. The number of nitrogen functional groups attached to an aromatic ring is 1. The monoisotopic (exact) mass is 368 g/mol. The van der Waals surface area contributed by atoms with Gasteiger partial charge in [-0.1, -0.05) is 12.1 Å². The van der Waals surface area contributed by atoms with Gasteiger partial charge in [-0.25, -0.2) is 13.6 Å². The fourth-order valence-corrected chi connectivity index (χ4v) is 2.21. The number of carbonyl (C=O) groups is 1. The average Bonchev–Trinajstić information content (AvgIpc) is 2.43. The first-order chi connectivity index (χ1) is 10.4. The predicted octanol–water partition coefficient (Wildman–Crippen LogP) is 3.66. The minimum atomic E-state index is -0.903. The highest BCUT2D eigenvalue weighted by Crippen LogP contribution is 2.27. The molecule has 0 aromatic heterocycles. The molecule has 0 radical (unpaired) electrons. The molecule has 0 atom stereocenters. The summed E-state index contributed by atoms with van der Waals surface area (Å²) in [6.45, 7) is 0. The summed E-state index contributed by atoms with van der Waals surface area (Å²) in [5.74, 6) is -1.81. The number of anilines is 2. The molecule has 0 aliphatic rings. The lowest BCUT2D eigenvalue weighted by Gasteiger charge is -2.11. The number of nitrogens with one attached hydrogen (secondary N) is 3. The quantitative estimate of drug-likeness (QED) is 0.491. The van der Waals surface area contributed by atoms with Crippen molar-refractivity contribution in [3.63, 3.8) is 0 Å². The van der Waals surface area contributed by atoms with Crippen molar-refractivity contribution in [2.45, 2.75) is 0 Å². The molecule has 114 valence electrons. The lowest BCUT2D eigenvalue weighted by molar-refractivity contribution is 0.262. The minimum absolute atomic E-state index is 0.0811. The van der Waals surface area contributed by atoms with Gasteiger partial charge in [0.05, 0.1) is 5.69 Å². The smallest absolute Gasteiger partial charge is 0.323 e. The van der Waals surface area contributed by atoms with Crippen molar-refractivity contribution in [1.29, 1.82) is 5.41 Å². The van der Waals surface area contributed by atoms with Gasteiger partial charge in [0.15, 0.2) is 5.82 Å². The first kappa shape index (κ1) is 15.9. The van der Waals surface area contributed by atoms with Gasteiger partial charge in [-0.15, -0.1) is 0 Å². The highest BCUT2D eigenvalue weighted by Gasteiger charge is 2.13. The zero-order chi connectivity index (χ0) is 16.3. The third-order valence-corrected chi connectivity index (χ3v) is 3.30. The number of halogens is 3. The van der Waals surface area contributed by atoms with Crippen molar-refractivity contribution in [2.24, 2.45) is 5.73 Å². The molecule has 0 heterocycles. The molecule has 0 spiro atoms. The third kappa shape index (κ3) is 3.79. The number of urea groups is 1. The highest BCUT2D eigenvalue weighted by atomic mass is 79.9. The molecule has 2 rings (SSSR count). The van der Waals surface area contributed by atoms with E-state index < -0.39 is 17.7 Å². The Kier molecular flexibility index (Phi) is 4.71. The van der Waals surface area contributed by atoms with Crippen LogP contribution in [0.25, 0.3) is 0 Å². The topological polar surface area (TPSA) is 91.0 Å². The van der Waals surface area contributed by atoms with Crippen molar-refractivity contribution in [2.75, 3.05) is 10.6 Å². The van der Waals surface area contributed by atoms with Crippen LogP contribution in [0.1, 0.15) is 5.56 Å². The zero-order valence-corrected chi connectivity index (χ0v) is 12.7. The Morgan fingerprint density at radius 2 is 1.91 bits per heavy atom. The molecule has 22 heavy (non-hydrogen) atoms. The Bertz CT molecular complexity index is 728. The largest absolute Gasteiger partial charge is 0.384 e. The molecule has 0 bridgehead atoms. The predicted molar refractivity (Wildman–Crippen MR) is 84.2 cm³/mol. The average molecular weight is 369 g/mol. The van der Waals surface area contributed by atoms with E-state index in [0.29, 0.717) is 17.3 Å². The summed E-state index contributed by atoms with van der Waals surface area (Å²) in [6.07, 6.45) is 0. The molecule has 2 amide bonds. The van der Waals surface area contributed by atoms with Gasteiger partial charge in [-0.05, 0) is 34.1 Å². The van der Waals surface area contributed by atoms with E-state index in [-0.39, 0.29) is 16.0 Å². The lowest BCUT2D eigenvalue weighted by Crippen LogP contribution is -2.21. The van der Waals surface area contributed by atoms with Crippen LogP contribution in [-0.2, 0) is 0 Å². The maximum Gasteiger partial charge on any atom is 0.323 e. The molecule has 8 heteroatoms. The lowest BCUT2D eigenvalue weighted by atomic mass is 10.2. The van der Waals surface area contributed by atoms with Crippen LogP contribution >= 0.6 is 15.9 Å². The molecule has 2 aromatic carbocycles. The van der Waals surface area contributed by atoms with Gasteiger partial charge in [0.1, 0.15) is 11.7 Å². The Balaban J connectivity index is 2.14. The second kappa shape index (κ2) is 6.52. The third-order valence-electron chi connectivity index (χ3n) is 2.68. The van der Waals surface area contributed by atoms with Gasteiger partial charge in [0, 0.05) is 21.8 Å². The summed E-state index contributed by atoms with van der Waals surface area (Å²) in [7, 11) is 0. The van der Waals surface area contributed by atoms with Gasteiger partial charge in [0.2, 0.25) is 0 Å². The van der Waals surface area contributed by atoms with Crippen LogP contribution in [0.5, 0.6) is 0 Å². The van der Waals surface area contributed by atoms with E-state index in [9.17, 15) is 13.6 Å². The van der Waals surface area contributed by atoms with E-state index >= 15 is 0 Å². The van der Waals surface area contributed by atoms with Crippen LogP contribution in [0, 0.1) is 17.0 Å². The molecule has 0 saturated heterocycles. The second-order valence-electron chi connectivity index (χ2n) is 4.32. The fraction of sp³-hybridized carbons (Fsp3) is 0. The molecule has 0 aliphatic heterocycles. The van der Waals surface area contributed by atoms with Crippen molar-refractivity contribution in [3.05, 3.63) is 58.1 Å². The normalized spacial score (nSPS) is 10.1. The Morgan fingerprint density at radius 3 is 2.55 bits per heavy atom. The van der Waals surface area contributed by atoms with Crippen LogP contribution in [-0.4, -0.2) is 11.9 Å². The van der Waals surface area contributed by atoms with Gasteiger partial charge >= 0.3 is 6.03 Å². The summed E-state index contributed by atoms with van der Waals surface area (Å²) in [6, 6.07) is 7.29. The number of amidine groups is 1. The zero-order valence-electron chi connectivity index (χ0n) is 11.1. The van der Waals surface area contributed by atoms with Gasteiger partial charge in [-0.2, -0.15) is 0 Å². The first-order valence-corrected chi connectivity index (χ1v) is 6.83. The summed E-state index contributed by atoms with van der Waals surface area (Å²) < 4.78 is 26.7. The van der Waals surface area contributed by atoms with Crippen molar-refractivity contribution >= 4 is 39.2 Å². The maximum atomic E-state index is 13.6. The summed E-state index contributed by atoms with van der Waals surface area (Å²) in [5.41, 5.74) is 5.99. The van der Waals surface area contributed by atoms with E-state index in [2.05, 4.69) is 26.6 Å². The Labute approximate surface area is 133 Å². The number of benzene rings is 2. The molecular formula is C14H11BrF2N4O. The number of carbonyl (C=O) groups excluding carboxylic acids is 1. The van der Waals surface area contributed by atoms with E-state index in [4.69, 9.17) is 11.1 Å². The number of nitrogens with two attached hydrogens (primary N) is 1. The summed E-state index contributed by atoms with van der Waals surface area (Å²) >= 11 is 2.98. The van der Waals surface area contributed by atoms with Gasteiger partial charge < -0.3 is 16.4 Å². The van der Waals surface area contributed by atoms with Crippen LogP contribution in [0.15, 0.2) is 40.9 Å².